The molecular formula is C12H18N4O2. The van der Waals surface area contributed by atoms with E-state index in [9.17, 15) is 4.79 Å². The van der Waals surface area contributed by atoms with E-state index in [1.807, 2.05) is 0 Å². The smallest absolute Gasteiger partial charge is 0.354 e. The van der Waals surface area contributed by atoms with Crippen molar-refractivity contribution in [3.05, 3.63) is 17.5 Å². The Bertz CT molecular complexity index is 430. The molecule has 0 aliphatic carbocycles. The van der Waals surface area contributed by atoms with Gasteiger partial charge in [-0.1, -0.05) is 0 Å². The molecule has 0 unspecified atom stereocenters. The summed E-state index contributed by atoms with van der Waals surface area (Å²) in [5.74, 6) is -0.630. The van der Waals surface area contributed by atoms with Crippen molar-refractivity contribution in [1.29, 1.82) is 0 Å². The van der Waals surface area contributed by atoms with Crippen molar-refractivity contribution in [2.24, 2.45) is 0 Å². The first-order chi connectivity index (χ1) is 8.65. The summed E-state index contributed by atoms with van der Waals surface area (Å²) in [6, 6.07) is 1.47. The molecule has 6 heteroatoms. The number of hydrogen-bond acceptors (Lipinski definition) is 5. The van der Waals surface area contributed by atoms with E-state index in [1.54, 1.807) is 6.92 Å². The van der Waals surface area contributed by atoms with Gasteiger partial charge in [-0.05, 0) is 38.9 Å². The highest BCUT2D eigenvalue weighted by Crippen LogP contribution is 2.07. The van der Waals surface area contributed by atoms with Gasteiger partial charge >= 0.3 is 5.97 Å². The zero-order valence-corrected chi connectivity index (χ0v) is 10.5. The Morgan fingerprint density at radius 2 is 2.17 bits per heavy atom. The van der Waals surface area contributed by atoms with Gasteiger partial charge in [-0.2, -0.15) is 0 Å². The minimum absolute atomic E-state index is 0.0335. The van der Waals surface area contributed by atoms with Crippen LogP contribution < -0.4 is 5.32 Å². The summed E-state index contributed by atoms with van der Waals surface area (Å²) >= 11 is 0. The molecule has 0 aromatic carbocycles. The van der Waals surface area contributed by atoms with E-state index >= 15 is 0 Å². The van der Waals surface area contributed by atoms with Gasteiger partial charge < -0.3 is 15.3 Å². The molecule has 0 spiro atoms. The molecular weight excluding hydrogens is 232 g/mol. The highest BCUT2D eigenvalue weighted by molar-refractivity contribution is 5.85. The number of nitrogens with zero attached hydrogens (tertiary/aromatic N) is 3. The van der Waals surface area contributed by atoms with E-state index in [0.29, 0.717) is 11.6 Å². The maximum absolute atomic E-state index is 10.9. The van der Waals surface area contributed by atoms with Crippen LogP contribution in [0.1, 0.15) is 29.0 Å². The zero-order chi connectivity index (χ0) is 13.0. The fraction of sp³-hybridized carbons (Fsp3) is 0.583. The molecule has 1 fully saturated rings. The number of aromatic carboxylic acids is 1. The first-order valence-corrected chi connectivity index (χ1v) is 6.20. The van der Waals surface area contributed by atoms with E-state index in [2.05, 4.69) is 20.2 Å². The minimum Gasteiger partial charge on any atom is -0.477 e. The summed E-state index contributed by atoms with van der Waals surface area (Å²) in [5, 5.41) is 12.0. The summed E-state index contributed by atoms with van der Waals surface area (Å²) in [6.45, 7) is 5.75. The molecule has 1 aliphatic rings. The van der Waals surface area contributed by atoms with Gasteiger partial charge in [-0.15, -0.1) is 0 Å². The average molecular weight is 250 g/mol. The fourth-order valence-corrected chi connectivity index (χ4v) is 2.09. The lowest BCUT2D eigenvalue weighted by molar-refractivity contribution is 0.0690. The predicted molar refractivity (Wildman–Crippen MR) is 67.9 cm³/mol. The number of nitrogens with one attached hydrogen (secondary N) is 1. The van der Waals surface area contributed by atoms with Crippen molar-refractivity contribution < 1.29 is 9.90 Å². The normalized spacial score (nSPS) is 15.8. The highest BCUT2D eigenvalue weighted by atomic mass is 16.4. The third kappa shape index (κ3) is 3.40. The van der Waals surface area contributed by atoms with Gasteiger partial charge in [0.25, 0.3) is 0 Å². The van der Waals surface area contributed by atoms with Crippen LogP contribution in [0.5, 0.6) is 0 Å². The van der Waals surface area contributed by atoms with Gasteiger partial charge in [0.2, 0.25) is 5.95 Å². The average Bonchev–Trinajstić information content (AvgIpc) is 2.81. The standard InChI is InChI=1S/C12H18N4O2/c1-9-8-10(11(17)18)15-12(14-9)13-4-7-16-5-2-3-6-16/h8H,2-7H2,1H3,(H,17,18)(H,13,14,15). The Kier molecular flexibility index (Phi) is 4.09. The molecule has 2 rings (SSSR count). The van der Waals surface area contributed by atoms with Crippen LogP contribution >= 0.6 is 0 Å². The number of anilines is 1. The molecule has 0 saturated carbocycles. The molecule has 2 N–H and O–H groups in total. The molecule has 0 amide bonds. The molecule has 1 aromatic heterocycles. The minimum atomic E-state index is -1.02. The van der Waals surface area contributed by atoms with Crippen molar-refractivity contribution in [3.63, 3.8) is 0 Å². The summed E-state index contributed by atoms with van der Waals surface area (Å²) in [7, 11) is 0. The molecule has 0 atom stereocenters. The Balaban J connectivity index is 1.89. The topological polar surface area (TPSA) is 78.3 Å². The molecule has 1 aliphatic heterocycles. The molecule has 0 radical (unpaired) electrons. The van der Waals surface area contributed by atoms with Crippen LogP contribution in [-0.4, -0.2) is 52.1 Å². The number of aryl methyl sites for hydroxylation is 1. The van der Waals surface area contributed by atoms with Gasteiger partial charge in [-0.25, -0.2) is 14.8 Å². The molecule has 98 valence electrons. The number of carboxylic acids is 1. The second-order valence-electron chi connectivity index (χ2n) is 4.50. The van der Waals surface area contributed by atoms with E-state index in [-0.39, 0.29) is 5.69 Å². The molecule has 1 saturated heterocycles. The lowest BCUT2D eigenvalue weighted by atomic mass is 10.3. The summed E-state index contributed by atoms with van der Waals surface area (Å²) < 4.78 is 0. The maximum atomic E-state index is 10.9. The van der Waals surface area contributed by atoms with Crippen molar-refractivity contribution in [2.75, 3.05) is 31.5 Å². The third-order valence-corrected chi connectivity index (χ3v) is 2.98. The second kappa shape index (κ2) is 5.77. The van der Waals surface area contributed by atoms with Crippen molar-refractivity contribution >= 4 is 11.9 Å². The summed E-state index contributed by atoms with van der Waals surface area (Å²) in [6.07, 6.45) is 2.54. The molecule has 1 aromatic rings. The Morgan fingerprint density at radius 3 is 2.83 bits per heavy atom. The van der Waals surface area contributed by atoms with Crippen molar-refractivity contribution in [1.82, 2.24) is 14.9 Å². The van der Waals surface area contributed by atoms with E-state index in [0.717, 1.165) is 26.2 Å². The van der Waals surface area contributed by atoms with Gasteiger partial charge in [0.05, 0.1) is 0 Å². The third-order valence-electron chi connectivity index (χ3n) is 2.98. The van der Waals surface area contributed by atoms with Crippen LogP contribution in [0, 0.1) is 6.92 Å². The van der Waals surface area contributed by atoms with Crippen molar-refractivity contribution in [3.8, 4) is 0 Å². The number of likely N-dealkylation sites (tertiary alicyclic amines) is 1. The lowest BCUT2D eigenvalue weighted by Crippen LogP contribution is -2.26. The summed E-state index contributed by atoms with van der Waals surface area (Å²) in [4.78, 5) is 21.4. The Labute approximate surface area is 106 Å². The zero-order valence-electron chi connectivity index (χ0n) is 10.5. The van der Waals surface area contributed by atoms with Crippen LogP contribution in [-0.2, 0) is 0 Å². The number of carboxylic acid groups (broad SMARTS) is 1. The lowest BCUT2D eigenvalue weighted by Gasteiger charge is -2.14. The van der Waals surface area contributed by atoms with Gasteiger partial charge in [0, 0.05) is 18.8 Å². The quantitative estimate of drug-likeness (QED) is 0.811. The Morgan fingerprint density at radius 1 is 1.44 bits per heavy atom. The van der Waals surface area contributed by atoms with Gasteiger partial charge in [-0.3, -0.25) is 0 Å². The monoisotopic (exact) mass is 250 g/mol. The van der Waals surface area contributed by atoms with Crippen LogP contribution in [0.3, 0.4) is 0 Å². The fourth-order valence-electron chi connectivity index (χ4n) is 2.09. The van der Waals surface area contributed by atoms with Crippen LogP contribution in [0.2, 0.25) is 0 Å². The number of rotatable bonds is 5. The van der Waals surface area contributed by atoms with E-state index < -0.39 is 5.97 Å². The molecule has 18 heavy (non-hydrogen) atoms. The maximum Gasteiger partial charge on any atom is 0.354 e. The van der Waals surface area contributed by atoms with E-state index in [1.165, 1.54) is 18.9 Å². The molecule has 2 heterocycles. The van der Waals surface area contributed by atoms with Crippen LogP contribution in [0.15, 0.2) is 6.07 Å². The van der Waals surface area contributed by atoms with Crippen LogP contribution in [0.4, 0.5) is 5.95 Å². The Hall–Kier alpha value is -1.69. The number of aromatic nitrogens is 2. The van der Waals surface area contributed by atoms with Crippen LogP contribution in [0.25, 0.3) is 0 Å². The number of hydrogen-bond donors (Lipinski definition) is 2. The number of carbonyl (C=O) groups is 1. The molecule has 6 nitrogen and oxygen atoms in total. The summed E-state index contributed by atoms with van der Waals surface area (Å²) in [5.41, 5.74) is 0.692. The molecule has 0 bridgehead atoms. The van der Waals surface area contributed by atoms with Gasteiger partial charge in [0.15, 0.2) is 5.69 Å². The SMILES string of the molecule is Cc1cc(C(=O)O)nc(NCCN2CCCC2)n1. The first kappa shape index (κ1) is 12.8. The predicted octanol–water partition coefficient (Wildman–Crippen LogP) is 0.991. The van der Waals surface area contributed by atoms with E-state index in [4.69, 9.17) is 5.11 Å². The van der Waals surface area contributed by atoms with Crippen molar-refractivity contribution in [2.45, 2.75) is 19.8 Å². The first-order valence-electron chi connectivity index (χ1n) is 6.20. The second-order valence-corrected chi connectivity index (χ2v) is 4.50. The highest BCUT2D eigenvalue weighted by Gasteiger charge is 2.11. The van der Waals surface area contributed by atoms with Gasteiger partial charge in [0.1, 0.15) is 0 Å². The largest absolute Gasteiger partial charge is 0.477 e.